The number of nitrogens with zero attached hydrogens (tertiary/aromatic N) is 1. The van der Waals surface area contributed by atoms with Crippen LogP contribution in [0.2, 0.25) is 5.02 Å². The molecule has 0 aliphatic carbocycles. The van der Waals surface area contributed by atoms with E-state index in [9.17, 15) is 14.0 Å². The molecule has 0 aromatic heterocycles. The van der Waals surface area contributed by atoms with Gasteiger partial charge in [0.25, 0.3) is 5.91 Å². The summed E-state index contributed by atoms with van der Waals surface area (Å²) >= 11 is 5.67. The third-order valence-electron chi connectivity index (χ3n) is 3.52. The van der Waals surface area contributed by atoms with Crippen LogP contribution in [0, 0.1) is 11.7 Å². The van der Waals surface area contributed by atoms with E-state index in [1.165, 1.54) is 18.2 Å². The molecule has 20 heavy (non-hydrogen) atoms. The Hall–Kier alpha value is -1.62. The standard InChI is InChI=1S/C14H15ClFNO3/c15-11-3-1-2-10(13(11)16)14(20)17-7-6-9(8-17)4-5-12(18)19/h1-3,9H,4-8H2,(H,18,19). The lowest BCUT2D eigenvalue weighted by Crippen LogP contribution is -2.29. The number of carbonyl (C=O) groups excluding carboxylic acids is 1. The molecular formula is C14H15ClFNO3. The van der Waals surface area contributed by atoms with E-state index in [1.54, 1.807) is 4.90 Å². The average Bonchev–Trinajstić information content (AvgIpc) is 2.87. The lowest BCUT2D eigenvalue weighted by Gasteiger charge is -2.17. The number of halogens is 2. The number of carboxylic acid groups (broad SMARTS) is 1. The smallest absolute Gasteiger partial charge is 0.303 e. The zero-order valence-corrected chi connectivity index (χ0v) is 11.6. The van der Waals surface area contributed by atoms with Crippen molar-refractivity contribution in [2.75, 3.05) is 13.1 Å². The van der Waals surface area contributed by atoms with Crippen molar-refractivity contribution >= 4 is 23.5 Å². The van der Waals surface area contributed by atoms with E-state index in [2.05, 4.69) is 0 Å². The maximum atomic E-state index is 13.8. The first-order valence-corrected chi connectivity index (χ1v) is 6.82. The largest absolute Gasteiger partial charge is 0.481 e. The highest BCUT2D eigenvalue weighted by Gasteiger charge is 2.28. The third-order valence-corrected chi connectivity index (χ3v) is 3.81. The molecule has 6 heteroatoms. The molecule has 0 radical (unpaired) electrons. The molecule has 1 aliphatic rings. The van der Waals surface area contributed by atoms with E-state index in [0.29, 0.717) is 19.5 Å². The summed E-state index contributed by atoms with van der Waals surface area (Å²) in [6, 6.07) is 4.35. The second-order valence-corrected chi connectivity index (χ2v) is 5.35. The summed E-state index contributed by atoms with van der Waals surface area (Å²) in [4.78, 5) is 24.3. The Bertz CT molecular complexity index is 535. The van der Waals surface area contributed by atoms with Gasteiger partial charge in [0.15, 0.2) is 5.82 Å². The molecule has 1 aromatic carbocycles. The third kappa shape index (κ3) is 3.28. The van der Waals surface area contributed by atoms with Crippen molar-refractivity contribution in [3.63, 3.8) is 0 Å². The maximum absolute atomic E-state index is 13.8. The summed E-state index contributed by atoms with van der Waals surface area (Å²) in [6.07, 6.45) is 1.39. The molecule has 108 valence electrons. The number of hydrogen-bond acceptors (Lipinski definition) is 2. The van der Waals surface area contributed by atoms with Gasteiger partial charge in [0.2, 0.25) is 0 Å². The predicted octanol–water partition coefficient (Wildman–Crippen LogP) is 2.81. The van der Waals surface area contributed by atoms with Crippen LogP contribution in [0.5, 0.6) is 0 Å². The Balaban J connectivity index is 2.01. The topological polar surface area (TPSA) is 57.6 Å². The molecule has 2 rings (SSSR count). The summed E-state index contributed by atoms with van der Waals surface area (Å²) in [7, 11) is 0. The fourth-order valence-electron chi connectivity index (χ4n) is 2.42. The van der Waals surface area contributed by atoms with Gasteiger partial charge in [-0.2, -0.15) is 0 Å². The first-order valence-electron chi connectivity index (χ1n) is 6.44. The van der Waals surface area contributed by atoms with Crippen molar-refractivity contribution in [2.24, 2.45) is 5.92 Å². The molecule has 0 bridgehead atoms. The molecule has 1 saturated heterocycles. The number of aliphatic carboxylic acids is 1. The van der Waals surface area contributed by atoms with E-state index >= 15 is 0 Å². The van der Waals surface area contributed by atoms with Gasteiger partial charge in [-0.3, -0.25) is 9.59 Å². The van der Waals surface area contributed by atoms with Crippen LogP contribution in [0.15, 0.2) is 18.2 Å². The molecule has 1 aliphatic heterocycles. The molecular weight excluding hydrogens is 285 g/mol. The Morgan fingerprint density at radius 3 is 2.90 bits per heavy atom. The fourth-order valence-corrected chi connectivity index (χ4v) is 2.59. The summed E-state index contributed by atoms with van der Waals surface area (Å²) in [6.45, 7) is 0.993. The van der Waals surface area contributed by atoms with E-state index in [1.807, 2.05) is 0 Å². The average molecular weight is 300 g/mol. The van der Waals surface area contributed by atoms with Crippen LogP contribution in [0.3, 0.4) is 0 Å². The highest BCUT2D eigenvalue weighted by molar-refractivity contribution is 6.31. The van der Waals surface area contributed by atoms with Crippen molar-refractivity contribution in [1.29, 1.82) is 0 Å². The van der Waals surface area contributed by atoms with Crippen LogP contribution in [-0.4, -0.2) is 35.0 Å². The molecule has 1 aromatic rings. The van der Waals surface area contributed by atoms with E-state index in [0.717, 1.165) is 6.42 Å². The second-order valence-electron chi connectivity index (χ2n) is 4.94. The maximum Gasteiger partial charge on any atom is 0.303 e. The zero-order valence-electron chi connectivity index (χ0n) is 10.8. The number of benzene rings is 1. The fraction of sp³-hybridized carbons (Fsp3) is 0.429. The molecule has 4 nitrogen and oxygen atoms in total. The second kappa shape index (κ2) is 6.22. The van der Waals surface area contributed by atoms with Crippen molar-refractivity contribution in [3.8, 4) is 0 Å². The van der Waals surface area contributed by atoms with Crippen LogP contribution >= 0.6 is 11.6 Å². The molecule has 1 atom stereocenters. The van der Waals surface area contributed by atoms with Gasteiger partial charge in [0.05, 0.1) is 10.6 Å². The first kappa shape index (κ1) is 14.8. The minimum Gasteiger partial charge on any atom is -0.481 e. The van der Waals surface area contributed by atoms with E-state index in [4.69, 9.17) is 16.7 Å². The van der Waals surface area contributed by atoms with Gasteiger partial charge in [-0.25, -0.2) is 4.39 Å². The van der Waals surface area contributed by atoms with Gasteiger partial charge >= 0.3 is 5.97 Å². The lowest BCUT2D eigenvalue weighted by atomic mass is 10.0. The minimum absolute atomic E-state index is 0.0311. The SMILES string of the molecule is O=C(O)CCC1CCN(C(=O)c2cccc(Cl)c2F)C1. The van der Waals surface area contributed by atoms with Gasteiger partial charge in [-0.15, -0.1) is 0 Å². The molecule has 1 heterocycles. The molecule has 0 saturated carbocycles. The van der Waals surface area contributed by atoms with Crippen LogP contribution in [-0.2, 0) is 4.79 Å². The molecule has 0 spiro atoms. The summed E-state index contributed by atoms with van der Waals surface area (Å²) in [5.41, 5.74) is -0.0311. The normalized spacial score (nSPS) is 18.3. The highest BCUT2D eigenvalue weighted by atomic mass is 35.5. The Morgan fingerprint density at radius 2 is 2.20 bits per heavy atom. The van der Waals surface area contributed by atoms with Gasteiger partial charge in [-0.1, -0.05) is 17.7 Å². The summed E-state index contributed by atoms with van der Waals surface area (Å²) in [5, 5.41) is 8.58. The van der Waals surface area contributed by atoms with Crippen LogP contribution in [0.1, 0.15) is 29.6 Å². The Labute approximate surface area is 121 Å². The van der Waals surface area contributed by atoms with Crippen molar-refractivity contribution in [3.05, 3.63) is 34.6 Å². The minimum atomic E-state index is -0.837. The number of carbonyl (C=O) groups is 2. The van der Waals surface area contributed by atoms with Gasteiger partial charge in [0, 0.05) is 19.5 Å². The first-order chi connectivity index (χ1) is 9.49. The number of carboxylic acids is 1. The summed E-state index contributed by atoms with van der Waals surface area (Å²) in [5.74, 6) is -1.76. The van der Waals surface area contributed by atoms with Gasteiger partial charge in [-0.05, 0) is 30.9 Å². The lowest BCUT2D eigenvalue weighted by molar-refractivity contribution is -0.137. The van der Waals surface area contributed by atoms with Crippen molar-refractivity contribution in [1.82, 2.24) is 4.90 Å². The Morgan fingerprint density at radius 1 is 1.45 bits per heavy atom. The highest BCUT2D eigenvalue weighted by Crippen LogP contribution is 2.25. The van der Waals surface area contributed by atoms with Gasteiger partial charge < -0.3 is 10.0 Å². The zero-order chi connectivity index (χ0) is 14.7. The van der Waals surface area contributed by atoms with Crippen LogP contribution < -0.4 is 0 Å². The molecule has 1 unspecified atom stereocenters. The van der Waals surface area contributed by atoms with Crippen molar-refractivity contribution in [2.45, 2.75) is 19.3 Å². The number of likely N-dealkylation sites (tertiary alicyclic amines) is 1. The summed E-state index contributed by atoms with van der Waals surface area (Å²) < 4.78 is 13.8. The number of hydrogen-bond donors (Lipinski definition) is 1. The van der Waals surface area contributed by atoms with E-state index < -0.39 is 11.8 Å². The van der Waals surface area contributed by atoms with Gasteiger partial charge in [0.1, 0.15) is 0 Å². The number of amides is 1. The monoisotopic (exact) mass is 299 g/mol. The quantitative estimate of drug-likeness (QED) is 0.930. The predicted molar refractivity (Wildman–Crippen MR) is 72.3 cm³/mol. The molecule has 1 N–H and O–H groups in total. The molecule has 1 amide bonds. The van der Waals surface area contributed by atoms with Crippen LogP contribution in [0.25, 0.3) is 0 Å². The number of rotatable bonds is 4. The molecule has 1 fully saturated rings. The van der Waals surface area contributed by atoms with Crippen LogP contribution in [0.4, 0.5) is 4.39 Å². The Kier molecular flexibility index (Phi) is 4.60. The van der Waals surface area contributed by atoms with E-state index in [-0.39, 0.29) is 28.8 Å². The van der Waals surface area contributed by atoms with Crippen molar-refractivity contribution < 1.29 is 19.1 Å².